The molecule has 1 saturated heterocycles. The summed E-state index contributed by atoms with van der Waals surface area (Å²) in [5.74, 6) is 0. The summed E-state index contributed by atoms with van der Waals surface area (Å²) < 4.78 is 4.90. The van der Waals surface area contributed by atoms with Crippen molar-refractivity contribution in [3.05, 3.63) is 0 Å². The van der Waals surface area contributed by atoms with Crippen LogP contribution in [0.3, 0.4) is 0 Å². The third-order valence-corrected chi connectivity index (χ3v) is 2.92. The molecule has 2 rings (SSSR count). The number of amides is 1. The van der Waals surface area contributed by atoms with Crippen molar-refractivity contribution in [1.82, 2.24) is 4.90 Å². The number of nitrogens with zero attached hydrogens (tertiary/aromatic N) is 1. The lowest BCUT2D eigenvalue weighted by molar-refractivity contribution is 0.136. The lowest BCUT2D eigenvalue weighted by Crippen LogP contribution is -2.42. The Morgan fingerprint density at radius 3 is 2.92 bits per heavy atom. The van der Waals surface area contributed by atoms with Crippen molar-refractivity contribution < 1.29 is 9.53 Å². The summed E-state index contributed by atoms with van der Waals surface area (Å²) in [6.07, 6.45) is 4.10. The Morgan fingerprint density at radius 2 is 2.31 bits per heavy atom. The van der Waals surface area contributed by atoms with Gasteiger partial charge in [-0.3, -0.25) is 0 Å². The predicted molar refractivity (Wildman–Crippen MR) is 48.3 cm³/mol. The van der Waals surface area contributed by atoms with Gasteiger partial charge in [0.25, 0.3) is 0 Å². The van der Waals surface area contributed by atoms with Gasteiger partial charge in [-0.1, -0.05) is 0 Å². The molecule has 2 atom stereocenters. The molecule has 13 heavy (non-hydrogen) atoms. The van der Waals surface area contributed by atoms with E-state index in [-0.39, 0.29) is 12.1 Å². The molecule has 0 aromatic rings. The maximum absolute atomic E-state index is 11.2. The first-order valence-corrected chi connectivity index (χ1v) is 4.96. The van der Waals surface area contributed by atoms with Crippen molar-refractivity contribution in [2.75, 3.05) is 13.2 Å². The molecule has 4 heteroatoms. The molecular formula is C9H16N2O2. The van der Waals surface area contributed by atoms with E-state index in [1.807, 2.05) is 4.90 Å². The predicted octanol–water partition coefficient (Wildman–Crippen LogP) is 0.708. The Labute approximate surface area is 78.0 Å². The molecule has 0 aromatic carbocycles. The van der Waals surface area contributed by atoms with Gasteiger partial charge in [0.2, 0.25) is 0 Å². The van der Waals surface area contributed by atoms with Gasteiger partial charge in [0.15, 0.2) is 0 Å². The first-order valence-electron chi connectivity index (χ1n) is 4.96. The van der Waals surface area contributed by atoms with E-state index in [2.05, 4.69) is 0 Å². The Bertz CT molecular complexity index is 208. The van der Waals surface area contributed by atoms with Gasteiger partial charge >= 0.3 is 6.09 Å². The number of nitrogens with two attached hydrogens (primary N) is 1. The van der Waals surface area contributed by atoms with Crippen molar-refractivity contribution in [2.45, 2.75) is 37.8 Å². The quantitative estimate of drug-likeness (QED) is 0.653. The zero-order valence-electron chi connectivity index (χ0n) is 7.74. The smallest absolute Gasteiger partial charge is 0.410 e. The van der Waals surface area contributed by atoms with E-state index in [0.717, 1.165) is 32.2 Å². The van der Waals surface area contributed by atoms with Crippen molar-refractivity contribution >= 4 is 6.09 Å². The fourth-order valence-electron chi connectivity index (χ4n) is 2.22. The van der Waals surface area contributed by atoms with E-state index in [1.54, 1.807) is 0 Å². The Kier molecular flexibility index (Phi) is 2.40. The molecule has 4 nitrogen and oxygen atoms in total. The van der Waals surface area contributed by atoms with Crippen LogP contribution in [0.25, 0.3) is 0 Å². The van der Waals surface area contributed by atoms with Gasteiger partial charge in [-0.05, 0) is 25.7 Å². The van der Waals surface area contributed by atoms with Crippen LogP contribution in [-0.4, -0.2) is 36.2 Å². The SMILES string of the molecule is NC1CCCC(N2CCOC2=O)C1. The van der Waals surface area contributed by atoms with E-state index < -0.39 is 0 Å². The highest BCUT2D eigenvalue weighted by atomic mass is 16.6. The van der Waals surface area contributed by atoms with Crippen molar-refractivity contribution in [3.8, 4) is 0 Å². The van der Waals surface area contributed by atoms with Gasteiger partial charge in [0.1, 0.15) is 6.61 Å². The maximum Gasteiger partial charge on any atom is 0.410 e. The fourth-order valence-corrected chi connectivity index (χ4v) is 2.22. The summed E-state index contributed by atoms with van der Waals surface area (Å²) in [6, 6.07) is 0.603. The molecule has 1 amide bonds. The summed E-state index contributed by atoms with van der Waals surface area (Å²) in [5, 5.41) is 0. The number of carbonyl (C=O) groups excluding carboxylic acids is 1. The average Bonchev–Trinajstić information content (AvgIpc) is 2.51. The molecule has 2 fully saturated rings. The molecule has 0 radical (unpaired) electrons. The lowest BCUT2D eigenvalue weighted by Gasteiger charge is -2.32. The zero-order chi connectivity index (χ0) is 9.26. The minimum atomic E-state index is -0.154. The number of ether oxygens (including phenoxy) is 1. The van der Waals surface area contributed by atoms with Crippen LogP contribution in [0.1, 0.15) is 25.7 Å². The molecule has 0 spiro atoms. The topological polar surface area (TPSA) is 55.6 Å². The van der Waals surface area contributed by atoms with E-state index in [4.69, 9.17) is 10.5 Å². The monoisotopic (exact) mass is 184 g/mol. The molecule has 1 saturated carbocycles. The molecule has 1 aliphatic carbocycles. The minimum Gasteiger partial charge on any atom is -0.448 e. The van der Waals surface area contributed by atoms with Crippen LogP contribution >= 0.6 is 0 Å². The largest absolute Gasteiger partial charge is 0.448 e. The second kappa shape index (κ2) is 3.54. The fraction of sp³-hybridized carbons (Fsp3) is 0.889. The number of rotatable bonds is 1. The standard InChI is InChI=1S/C9H16N2O2/c10-7-2-1-3-8(6-7)11-4-5-13-9(11)12/h7-8H,1-6,10H2. The molecule has 0 aromatic heterocycles. The Balaban J connectivity index is 1.95. The van der Waals surface area contributed by atoms with Gasteiger partial charge in [-0.2, -0.15) is 0 Å². The van der Waals surface area contributed by atoms with E-state index in [1.165, 1.54) is 0 Å². The summed E-state index contributed by atoms with van der Waals surface area (Å²) in [6.45, 7) is 1.29. The van der Waals surface area contributed by atoms with Crippen LogP contribution in [0.5, 0.6) is 0 Å². The first-order chi connectivity index (χ1) is 6.27. The third-order valence-electron chi connectivity index (χ3n) is 2.92. The van der Waals surface area contributed by atoms with Gasteiger partial charge in [-0.25, -0.2) is 4.79 Å². The van der Waals surface area contributed by atoms with Crippen LogP contribution in [0, 0.1) is 0 Å². The maximum atomic E-state index is 11.2. The van der Waals surface area contributed by atoms with Crippen molar-refractivity contribution in [2.24, 2.45) is 5.73 Å². The highest BCUT2D eigenvalue weighted by molar-refractivity contribution is 5.69. The molecule has 0 bridgehead atoms. The van der Waals surface area contributed by atoms with Crippen LogP contribution in [0.4, 0.5) is 4.79 Å². The number of hydrogen-bond donors (Lipinski definition) is 1. The van der Waals surface area contributed by atoms with Crippen LogP contribution in [0.15, 0.2) is 0 Å². The van der Waals surface area contributed by atoms with E-state index in [9.17, 15) is 4.79 Å². The molecular weight excluding hydrogens is 168 g/mol. The van der Waals surface area contributed by atoms with Crippen molar-refractivity contribution in [1.29, 1.82) is 0 Å². The van der Waals surface area contributed by atoms with Gasteiger partial charge < -0.3 is 15.4 Å². The number of cyclic esters (lactones) is 1. The van der Waals surface area contributed by atoms with Crippen molar-refractivity contribution in [3.63, 3.8) is 0 Å². The minimum absolute atomic E-state index is 0.154. The third kappa shape index (κ3) is 1.77. The second-order valence-corrected chi connectivity index (χ2v) is 3.89. The molecule has 2 unspecified atom stereocenters. The molecule has 2 N–H and O–H groups in total. The van der Waals surface area contributed by atoms with Crippen LogP contribution in [0.2, 0.25) is 0 Å². The lowest BCUT2D eigenvalue weighted by atomic mass is 9.91. The van der Waals surface area contributed by atoms with Gasteiger partial charge in [0.05, 0.1) is 6.54 Å². The van der Waals surface area contributed by atoms with Gasteiger partial charge in [-0.15, -0.1) is 0 Å². The highest BCUT2D eigenvalue weighted by Crippen LogP contribution is 2.24. The molecule has 2 aliphatic rings. The second-order valence-electron chi connectivity index (χ2n) is 3.89. The van der Waals surface area contributed by atoms with Crippen LogP contribution in [-0.2, 0) is 4.74 Å². The normalized spacial score (nSPS) is 34.8. The van der Waals surface area contributed by atoms with Gasteiger partial charge in [0, 0.05) is 12.1 Å². The zero-order valence-corrected chi connectivity index (χ0v) is 7.74. The highest BCUT2D eigenvalue weighted by Gasteiger charge is 2.32. The average molecular weight is 184 g/mol. The number of hydrogen-bond acceptors (Lipinski definition) is 3. The van der Waals surface area contributed by atoms with Crippen LogP contribution < -0.4 is 5.73 Å². The number of carbonyl (C=O) groups is 1. The van der Waals surface area contributed by atoms with E-state index >= 15 is 0 Å². The molecule has 1 aliphatic heterocycles. The summed E-state index contributed by atoms with van der Waals surface area (Å²) in [4.78, 5) is 13.1. The summed E-state index contributed by atoms with van der Waals surface area (Å²) in [5.41, 5.74) is 5.86. The first kappa shape index (κ1) is 8.81. The Hall–Kier alpha value is -0.770. The van der Waals surface area contributed by atoms with E-state index in [0.29, 0.717) is 12.6 Å². The molecule has 74 valence electrons. The summed E-state index contributed by atoms with van der Waals surface area (Å²) in [7, 11) is 0. The summed E-state index contributed by atoms with van der Waals surface area (Å²) >= 11 is 0. The Morgan fingerprint density at radius 1 is 1.46 bits per heavy atom. The molecule has 1 heterocycles.